The lowest BCUT2D eigenvalue weighted by molar-refractivity contribution is -0.118. The van der Waals surface area contributed by atoms with E-state index in [1.54, 1.807) is 11.3 Å². The van der Waals surface area contributed by atoms with E-state index in [0.29, 0.717) is 18.6 Å². The van der Waals surface area contributed by atoms with Gasteiger partial charge in [-0.25, -0.2) is 0 Å². The number of nitrogens with two attached hydrogens (primary N) is 1. The minimum Gasteiger partial charge on any atom is -0.399 e. The summed E-state index contributed by atoms with van der Waals surface area (Å²) in [5.41, 5.74) is 7.62. The molecule has 1 atom stereocenters. The van der Waals surface area contributed by atoms with E-state index in [-0.39, 0.29) is 5.92 Å². The fourth-order valence-corrected chi connectivity index (χ4v) is 3.24. The number of Topliss-reactive ketones (excluding diaryl/α,β-unsaturated/α-hetero) is 1. The highest BCUT2D eigenvalue weighted by molar-refractivity contribution is 7.12. The minimum absolute atomic E-state index is 0.244. The molecule has 0 amide bonds. The van der Waals surface area contributed by atoms with Crippen molar-refractivity contribution in [1.82, 2.24) is 0 Å². The molecule has 1 aromatic carbocycles. The van der Waals surface area contributed by atoms with Crippen LogP contribution < -0.4 is 5.73 Å². The number of hydrogen-bond acceptors (Lipinski definition) is 3. The Morgan fingerprint density at radius 3 is 2.40 bits per heavy atom. The maximum atomic E-state index is 12.1. The summed E-state index contributed by atoms with van der Waals surface area (Å²) in [6.45, 7) is 4.23. The second kappa shape index (κ2) is 6.71. The zero-order valence-corrected chi connectivity index (χ0v) is 12.9. The Balaban J connectivity index is 1.92. The van der Waals surface area contributed by atoms with E-state index in [9.17, 15) is 4.79 Å². The van der Waals surface area contributed by atoms with Crippen LogP contribution in [0.15, 0.2) is 36.4 Å². The van der Waals surface area contributed by atoms with Crippen molar-refractivity contribution in [2.75, 3.05) is 5.73 Å². The van der Waals surface area contributed by atoms with Gasteiger partial charge in [-0.3, -0.25) is 4.79 Å². The van der Waals surface area contributed by atoms with Crippen molar-refractivity contribution in [2.45, 2.75) is 39.0 Å². The fraction of sp³-hybridized carbons (Fsp3) is 0.353. The Morgan fingerprint density at radius 2 is 1.80 bits per heavy atom. The SMILES string of the molecule is CCc1ccc(CC(=O)CC(C)c2ccc(N)cc2)s1. The summed E-state index contributed by atoms with van der Waals surface area (Å²) < 4.78 is 0. The van der Waals surface area contributed by atoms with Crippen LogP contribution in [0.1, 0.15) is 41.5 Å². The summed E-state index contributed by atoms with van der Waals surface area (Å²) in [7, 11) is 0. The first-order chi connectivity index (χ1) is 9.58. The number of aryl methyl sites for hydroxylation is 1. The number of anilines is 1. The molecule has 1 unspecified atom stereocenters. The normalized spacial score (nSPS) is 12.3. The van der Waals surface area contributed by atoms with Crippen molar-refractivity contribution < 1.29 is 4.79 Å². The summed E-state index contributed by atoms with van der Waals surface area (Å²) >= 11 is 1.75. The van der Waals surface area contributed by atoms with Gasteiger partial charge in [0.25, 0.3) is 0 Å². The topological polar surface area (TPSA) is 43.1 Å². The van der Waals surface area contributed by atoms with E-state index in [1.807, 2.05) is 24.3 Å². The molecule has 0 bridgehead atoms. The monoisotopic (exact) mass is 287 g/mol. The average Bonchev–Trinajstić information content (AvgIpc) is 2.86. The molecular weight excluding hydrogens is 266 g/mol. The van der Waals surface area contributed by atoms with E-state index in [0.717, 1.165) is 12.1 Å². The number of thiophene rings is 1. The van der Waals surface area contributed by atoms with E-state index >= 15 is 0 Å². The standard InChI is InChI=1S/C17H21NOS/c1-3-16-8-9-17(20-16)11-15(19)10-12(2)13-4-6-14(18)7-5-13/h4-9,12H,3,10-11,18H2,1-2H3. The van der Waals surface area contributed by atoms with Gasteiger partial charge in [0.1, 0.15) is 5.78 Å². The van der Waals surface area contributed by atoms with Gasteiger partial charge in [-0.1, -0.05) is 26.0 Å². The lowest BCUT2D eigenvalue weighted by atomic mass is 9.94. The van der Waals surface area contributed by atoms with Gasteiger partial charge in [-0.05, 0) is 42.2 Å². The van der Waals surface area contributed by atoms with Gasteiger partial charge in [-0.2, -0.15) is 0 Å². The van der Waals surface area contributed by atoms with Gasteiger partial charge in [-0.15, -0.1) is 11.3 Å². The van der Waals surface area contributed by atoms with E-state index < -0.39 is 0 Å². The number of nitrogen functional groups attached to an aromatic ring is 1. The smallest absolute Gasteiger partial charge is 0.138 e. The molecule has 2 nitrogen and oxygen atoms in total. The Morgan fingerprint density at radius 1 is 1.15 bits per heavy atom. The van der Waals surface area contributed by atoms with Gasteiger partial charge in [0.2, 0.25) is 0 Å². The van der Waals surface area contributed by atoms with Crippen LogP contribution in [-0.4, -0.2) is 5.78 Å². The van der Waals surface area contributed by atoms with Crippen molar-refractivity contribution in [3.8, 4) is 0 Å². The second-order valence-corrected chi connectivity index (χ2v) is 6.46. The molecule has 3 heteroatoms. The van der Waals surface area contributed by atoms with Crippen molar-refractivity contribution in [3.63, 3.8) is 0 Å². The largest absolute Gasteiger partial charge is 0.399 e. The third-order valence-corrected chi connectivity index (χ3v) is 4.71. The van der Waals surface area contributed by atoms with Gasteiger partial charge < -0.3 is 5.73 Å². The molecule has 0 spiro atoms. The van der Waals surface area contributed by atoms with E-state index in [1.165, 1.54) is 15.3 Å². The average molecular weight is 287 g/mol. The van der Waals surface area contributed by atoms with Crippen LogP contribution in [0.3, 0.4) is 0 Å². The summed E-state index contributed by atoms with van der Waals surface area (Å²) in [5, 5.41) is 0. The molecule has 0 aliphatic rings. The maximum Gasteiger partial charge on any atom is 0.138 e. The first kappa shape index (κ1) is 14.8. The predicted octanol–water partition coefficient (Wildman–Crippen LogP) is 4.20. The zero-order chi connectivity index (χ0) is 14.5. The lowest BCUT2D eigenvalue weighted by Crippen LogP contribution is -2.06. The first-order valence-electron chi connectivity index (χ1n) is 7.03. The number of rotatable bonds is 6. The van der Waals surface area contributed by atoms with Gasteiger partial charge in [0, 0.05) is 28.3 Å². The molecule has 0 aliphatic carbocycles. The van der Waals surface area contributed by atoms with Crippen molar-refractivity contribution in [3.05, 3.63) is 51.7 Å². The fourth-order valence-electron chi connectivity index (χ4n) is 2.26. The molecule has 0 saturated heterocycles. The molecule has 2 aromatic rings. The van der Waals surface area contributed by atoms with Crippen LogP contribution in [0.4, 0.5) is 5.69 Å². The Bertz CT molecular complexity index is 571. The molecule has 0 saturated carbocycles. The highest BCUT2D eigenvalue weighted by Crippen LogP contribution is 2.23. The van der Waals surface area contributed by atoms with E-state index in [2.05, 4.69) is 26.0 Å². The maximum absolute atomic E-state index is 12.1. The third kappa shape index (κ3) is 3.94. The predicted molar refractivity (Wildman–Crippen MR) is 86.3 cm³/mol. The summed E-state index contributed by atoms with van der Waals surface area (Å²) in [4.78, 5) is 14.7. The minimum atomic E-state index is 0.244. The highest BCUT2D eigenvalue weighted by Gasteiger charge is 2.12. The highest BCUT2D eigenvalue weighted by atomic mass is 32.1. The van der Waals surface area contributed by atoms with Crippen LogP contribution in [0.2, 0.25) is 0 Å². The Labute approximate surface area is 124 Å². The summed E-state index contributed by atoms with van der Waals surface area (Å²) in [6.07, 6.45) is 2.19. The van der Waals surface area contributed by atoms with Gasteiger partial charge >= 0.3 is 0 Å². The van der Waals surface area contributed by atoms with E-state index in [4.69, 9.17) is 5.73 Å². The molecular formula is C17H21NOS. The quantitative estimate of drug-likeness (QED) is 0.809. The third-order valence-electron chi connectivity index (χ3n) is 3.48. The second-order valence-electron chi connectivity index (χ2n) is 5.21. The molecule has 20 heavy (non-hydrogen) atoms. The molecule has 0 aliphatic heterocycles. The number of hydrogen-bond donors (Lipinski definition) is 1. The van der Waals surface area contributed by atoms with Crippen molar-refractivity contribution >= 4 is 22.8 Å². The summed E-state index contributed by atoms with van der Waals surface area (Å²) in [6, 6.07) is 12.0. The molecule has 106 valence electrons. The first-order valence-corrected chi connectivity index (χ1v) is 7.85. The molecule has 2 rings (SSSR count). The molecule has 0 radical (unpaired) electrons. The zero-order valence-electron chi connectivity index (χ0n) is 12.1. The van der Waals surface area contributed by atoms with Crippen LogP contribution in [0.25, 0.3) is 0 Å². The van der Waals surface area contributed by atoms with Crippen LogP contribution in [0.5, 0.6) is 0 Å². The van der Waals surface area contributed by atoms with Crippen LogP contribution in [0, 0.1) is 0 Å². The number of benzene rings is 1. The Kier molecular flexibility index (Phi) is 4.96. The van der Waals surface area contributed by atoms with Crippen molar-refractivity contribution in [1.29, 1.82) is 0 Å². The van der Waals surface area contributed by atoms with Crippen molar-refractivity contribution in [2.24, 2.45) is 0 Å². The molecule has 0 fully saturated rings. The summed E-state index contributed by atoms with van der Waals surface area (Å²) in [5.74, 6) is 0.549. The number of ketones is 1. The Hall–Kier alpha value is -1.61. The number of carbonyl (C=O) groups excluding carboxylic acids is 1. The van der Waals surface area contributed by atoms with Crippen LogP contribution >= 0.6 is 11.3 Å². The molecule has 2 N–H and O–H groups in total. The molecule has 1 aromatic heterocycles. The van der Waals surface area contributed by atoms with Gasteiger partial charge in [0.15, 0.2) is 0 Å². The molecule has 1 heterocycles. The van der Waals surface area contributed by atoms with Gasteiger partial charge in [0.05, 0.1) is 0 Å². The van der Waals surface area contributed by atoms with Crippen LogP contribution in [-0.2, 0) is 17.6 Å². The lowest BCUT2D eigenvalue weighted by Gasteiger charge is -2.11. The number of carbonyl (C=O) groups is 1.